The monoisotopic (exact) mass is 275 g/mol. The molecule has 0 aliphatic carbocycles. The summed E-state index contributed by atoms with van der Waals surface area (Å²) in [6.07, 6.45) is 0.849. The molecule has 0 atom stereocenters. The fourth-order valence-electron chi connectivity index (χ4n) is 1.64. The minimum atomic E-state index is 0.136. The van der Waals surface area contributed by atoms with Gasteiger partial charge in [0.1, 0.15) is 5.75 Å². The third kappa shape index (κ3) is 3.33. The molecule has 1 aromatic heterocycles. The van der Waals surface area contributed by atoms with Crippen molar-refractivity contribution >= 4 is 5.95 Å². The van der Waals surface area contributed by atoms with Gasteiger partial charge in [-0.25, -0.2) is 5.84 Å². The maximum absolute atomic E-state index is 5.69. The smallest absolute Gasteiger partial charge is 0.330 e. The zero-order valence-electron chi connectivity index (χ0n) is 11.5. The van der Waals surface area contributed by atoms with Crippen LogP contribution in [0.25, 0.3) is 0 Å². The highest BCUT2D eigenvalue weighted by atomic mass is 16.5. The third-order valence-electron chi connectivity index (χ3n) is 2.55. The number of aromatic nitrogens is 3. The fraction of sp³-hybridized carbons (Fsp3) is 0.308. The Morgan fingerprint density at radius 3 is 2.55 bits per heavy atom. The summed E-state index contributed by atoms with van der Waals surface area (Å²) in [6, 6.07) is 8.00. The number of nitrogen functional groups attached to an aromatic ring is 1. The number of nitrogens with one attached hydrogen (secondary N) is 1. The number of anilines is 1. The molecule has 0 spiro atoms. The Balaban J connectivity index is 2.30. The summed E-state index contributed by atoms with van der Waals surface area (Å²) in [7, 11) is 0. The average molecular weight is 275 g/mol. The molecular weight excluding hydrogens is 258 g/mol. The number of nitrogens with two attached hydrogens (primary N) is 1. The first-order valence-corrected chi connectivity index (χ1v) is 6.38. The lowest BCUT2D eigenvalue weighted by Gasteiger charge is -2.10. The maximum Gasteiger partial charge on any atom is 0.330 e. The molecule has 106 valence electrons. The Kier molecular flexibility index (Phi) is 4.67. The first-order chi connectivity index (χ1) is 9.76. The summed E-state index contributed by atoms with van der Waals surface area (Å²) in [6.45, 7) is 4.33. The zero-order valence-corrected chi connectivity index (χ0v) is 11.5. The van der Waals surface area contributed by atoms with E-state index in [4.69, 9.17) is 15.3 Å². The predicted octanol–water partition coefficient (Wildman–Crippen LogP) is 1.91. The Bertz CT molecular complexity index is 576. The van der Waals surface area contributed by atoms with E-state index in [1.807, 2.05) is 38.1 Å². The minimum Gasteiger partial charge on any atom is -0.464 e. The van der Waals surface area contributed by atoms with Crippen molar-refractivity contribution in [3.63, 3.8) is 0 Å². The predicted molar refractivity (Wildman–Crippen MR) is 74.7 cm³/mol. The van der Waals surface area contributed by atoms with E-state index < -0.39 is 0 Å². The number of hydrogen-bond acceptors (Lipinski definition) is 7. The van der Waals surface area contributed by atoms with Crippen molar-refractivity contribution in [1.82, 2.24) is 15.0 Å². The number of para-hydroxylation sites is 1. The van der Waals surface area contributed by atoms with Gasteiger partial charge in [-0.2, -0.15) is 9.97 Å². The molecule has 0 fully saturated rings. The molecule has 3 N–H and O–H groups in total. The van der Waals surface area contributed by atoms with Crippen LogP contribution < -0.4 is 20.7 Å². The van der Waals surface area contributed by atoms with Gasteiger partial charge in [-0.15, -0.1) is 4.98 Å². The first kappa shape index (κ1) is 14.0. The lowest BCUT2D eigenvalue weighted by Crippen LogP contribution is -2.13. The quantitative estimate of drug-likeness (QED) is 0.614. The Labute approximate surface area is 117 Å². The van der Waals surface area contributed by atoms with Crippen molar-refractivity contribution < 1.29 is 9.47 Å². The van der Waals surface area contributed by atoms with E-state index in [1.54, 1.807) is 0 Å². The number of benzene rings is 1. The van der Waals surface area contributed by atoms with Gasteiger partial charge in [-0.3, -0.25) is 5.43 Å². The normalized spacial score (nSPS) is 10.2. The molecule has 0 unspecified atom stereocenters. The molecule has 0 aliphatic rings. The molecule has 1 heterocycles. The van der Waals surface area contributed by atoms with Crippen LogP contribution in [0.2, 0.25) is 0 Å². The van der Waals surface area contributed by atoms with Crippen LogP contribution in [0.15, 0.2) is 24.3 Å². The standard InChI is InChI=1S/C13H17N5O2/c1-3-9-7-5-6-8-10(9)20-13-16-11(18-14)15-12(17-13)19-4-2/h5-8H,3-4,14H2,1-2H3,(H,15,16,17,18). The first-order valence-electron chi connectivity index (χ1n) is 6.38. The minimum absolute atomic E-state index is 0.136. The van der Waals surface area contributed by atoms with Gasteiger partial charge in [0.2, 0.25) is 5.95 Å². The van der Waals surface area contributed by atoms with Crippen LogP contribution in [0, 0.1) is 0 Å². The van der Waals surface area contributed by atoms with Gasteiger partial charge in [0.25, 0.3) is 0 Å². The summed E-state index contributed by atoms with van der Waals surface area (Å²) in [5, 5.41) is 0. The van der Waals surface area contributed by atoms with E-state index in [-0.39, 0.29) is 18.0 Å². The summed E-state index contributed by atoms with van der Waals surface area (Å²) in [5.74, 6) is 6.21. The topological polar surface area (TPSA) is 95.2 Å². The number of ether oxygens (including phenoxy) is 2. The largest absolute Gasteiger partial charge is 0.464 e. The molecule has 1 aromatic carbocycles. The van der Waals surface area contributed by atoms with E-state index in [0.717, 1.165) is 12.0 Å². The van der Waals surface area contributed by atoms with E-state index in [0.29, 0.717) is 12.4 Å². The number of hydrogen-bond donors (Lipinski definition) is 2. The van der Waals surface area contributed by atoms with Crippen LogP contribution in [-0.2, 0) is 6.42 Å². The molecule has 0 saturated carbocycles. The molecule has 0 radical (unpaired) electrons. The lowest BCUT2D eigenvalue weighted by atomic mass is 10.1. The van der Waals surface area contributed by atoms with Crippen LogP contribution in [0.5, 0.6) is 17.8 Å². The van der Waals surface area contributed by atoms with E-state index in [2.05, 4.69) is 20.4 Å². The summed E-state index contributed by atoms with van der Waals surface area (Å²) >= 11 is 0. The van der Waals surface area contributed by atoms with E-state index in [9.17, 15) is 0 Å². The molecule has 0 saturated heterocycles. The summed E-state index contributed by atoms with van der Waals surface area (Å²) < 4.78 is 10.9. The number of aryl methyl sites for hydroxylation is 1. The van der Waals surface area contributed by atoms with Crippen molar-refractivity contribution in [2.45, 2.75) is 20.3 Å². The van der Waals surface area contributed by atoms with Gasteiger partial charge in [-0.05, 0) is 25.0 Å². The Morgan fingerprint density at radius 1 is 1.10 bits per heavy atom. The molecular formula is C13H17N5O2. The van der Waals surface area contributed by atoms with Crippen molar-refractivity contribution in [2.75, 3.05) is 12.0 Å². The van der Waals surface area contributed by atoms with Gasteiger partial charge in [0.15, 0.2) is 0 Å². The molecule has 2 rings (SSSR count). The molecule has 0 aliphatic heterocycles. The Hall–Kier alpha value is -2.41. The molecule has 7 heteroatoms. The SMILES string of the molecule is CCOc1nc(NN)nc(Oc2ccccc2CC)n1. The van der Waals surface area contributed by atoms with Gasteiger partial charge in [0.05, 0.1) is 6.61 Å². The second-order valence-electron chi connectivity index (χ2n) is 3.86. The lowest BCUT2D eigenvalue weighted by molar-refractivity contribution is 0.303. The molecule has 20 heavy (non-hydrogen) atoms. The van der Waals surface area contributed by atoms with Crippen molar-refractivity contribution in [1.29, 1.82) is 0 Å². The fourth-order valence-corrected chi connectivity index (χ4v) is 1.64. The summed E-state index contributed by atoms with van der Waals surface area (Å²) in [5.41, 5.74) is 3.42. The molecule has 7 nitrogen and oxygen atoms in total. The number of hydrazine groups is 1. The van der Waals surface area contributed by atoms with Crippen molar-refractivity contribution in [3.8, 4) is 17.8 Å². The van der Waals surface area contributed by atoms with E-state index >= 15 is 0 Å². The van der Waals surface area contributed by atoms with Gasteiger partial charge >= 0.3 is 12.0 Å². The van der Waals surface area contributed by atoms with Gasteiger partial charge in [0, 0.05) is 0 Å². The van der Waals surface area contributed by atoms with Crippen LogP contribution in [0.3, 0.4) is 0 Å². The van der Waals surface area contributed by atoms with Crippen molar-refractivity contribution in [2.24, 2.45) is 5.84 Å². The molecule has 2 aromatic rings. The van der Waals surface area contributed by atoms with Crippen LogP contribution in [0.4, 0.5) is 5.95 Å². The highest BCUT2D eigenvalue weighted by Gasteiger charge is 2.10. The third-order valence-corrected chi connectivity index (χ3v) is 2.55. The average Bonchev–Trinajstić information content (AvgIpc) is 2.48. The Morgan fingerprint density at radius 2 is 1.85 bits per heavy atom. The molecule has 0 amide bonds. The van der Waals surface area contributed by atoms with Gasteiger partial charge < -0.3 is 9.47 Å². The van der Waals surface area contributed by atoms with Crippen LogP contribution in [0.1, 0.15) is 19.4 Å². The van der Waals surface area contributed by atoms with Crippen molar-refractivity contribution in [3.05, 3.63) is 29.8 Å². The van der Waals surface area contributed by atoms with Gasteiger partial charge in [-0.1, -0.05) is 25.1 Å². The second kappa shape index (κ2) is 6.67. The summed E-state index contributed by atoms with van der Waals surface area (Å²) in [4.78, 5) is 12.1. The molecule has 0 bridgehead atoms. The van der Waals surface area contributed by atoms with E-state index in [1.165, 1.54) is 0 Å². The van der Waals surface area contributed by atoms with Crippen LogP contribution in [-0.4, -0.2) is 21.6 Å². The number of nitrogens with zero attached hydrogens (tertiary/aromatic N) is 3. The van der Waals surface area contributed by atoms with Crippen LogP contribution >= 0.6 is 0 Å². The highest BCUT2D eigenvalue weighted by molar-refractivity contribution is 5.36. The zero-order chi connectivity index (χ0) is 14.4. The maximum atomic E-state index is 5.69. The second-order valence-corrected chi connectivity index (χ2v) is 3.86. The highest BCUT2D eigenvalue weighted by Crippen LogP contribution is 2.24. The number of rotatable bonds is 6.